The van der Waals surface area contributed by atoms with Crippen LogP contribution in [0.4, 0.5) is 0 Å². The van der Waals surface area contributed by atoms with Crippen molar-refractivity contribution in [3.63, 3.8) is 0 Å². The molecule has 3 aliphatic rings. The molecule has 268 valence electrons. The predicted molar refractivity (Wildman–Crippen MR) is 172 cm³/mol. The Kier molecular flexibility index (Phi) is 10.1. The number of ether oxygens (including phenoxy) is 7. The van der Waals surface area contributed by atoms with Crippen molar-refractivity contribution >= 4 is 35.8 Å². The second-order valence-corrected chi connectivity index (χ2v) is 13.6. The van der Waals surface area contributed by atoms with Crippen LogP contribution in [0.2, 0.25) is 0 Å². The molecule has 2 aromatic rings. The quantitative estimate of drug-likeness (QED) is 0.273. The molecule has 3 fully saturated rings. The number of fused-ring (bicyclic) bond motifs is 1. The molecule has 0 aromatic heterocycles. The van der Waals surface area contributed by atoms with Crippen LogP contribution in [-0.2, 0) is 52.3 Å². The molecule has 1 spiro atoms. The fourth-order valence-corrected chi connectivity index (χ4v) is 8.43. The normalized spacial score (nSPS) is 32.0. The van der Waals surface area contributed by atoms with E-state index >= 15 is 0 Å². The number of hydrogen-bond donors (Lipinski definition) is 0. The summed E-state index contributed by atoms with van der Waals surface area (Å²) in [5.74, 6) is -6.29. The first kappa shape index (κ1) is 36.5. The van der Waals surface area contributed by atoms with Crippen LogP contribution in [-0.4, -0.2) is 84.1 Å². The summed E-state index contributed by atoms with van der Waals surface area (Å²) in [6.07, 6.45) is -6.97. The maximum Gasteiger partial charge on any atom is 0.338 e. The third-order valence-electron chi connectivity index (χ3n) is 9.93. The summed E-state index contributed by atoms with van der Waals surface area (Å²) in [5, 5.41) is 0. The fraction of sp³-hybridized carbons (Fsp3) is 0.514. The molecule has 1 aliphatic heterocycles. The average Bonchev–Trinajstić information content (AvgIpc) is 3.24. The van der Waals surface area contributed by atoms with Gasteiger partial charge in [0.05, 0.1) is 22.6 Å². The van der Waals surface area contributed by atoms with Crippen LogP contribution < -0.4 is 0 Å². The van der Waals surface area contributed by atoms with Crippen LogP contribution in [0.15, 0.2) is 60.7 Å². The van der Waals surface area contributed by atoms with Gasteiger partial charge < -0.3 is 33.2 Å². The first-order valence-electron chi connectivity index (χ1n) is 16.4. The number of carbonyl (C=O) groups excluding carboxylic acids is 6. The summed E-state index contributed by atoms with van der Waals surface area (Å²) in [6.45, 7) is 9.21. The van der Waals surface area contributed by atoms with Crippen LogP contribution in [0.1, 0.15) is 75.6 Å². The van der Waals surface area contributed by atoms with E-state index in [4.69, 9.17) is 33.2 Å². The minimum absolute atomic E-state index is 0.0318. The molecule has 1 heterocycles. The highest BCUT2D eigenvalue weighted by Gasteiger charge is 2.85. The van der Waals surface area contributed by atoms with Gasteiger partial charge in [-0.05, 0) is 50.5 Å². The lowest BCUT2D eigenvalue weighted by molar-refractivity contribution is -0.328. The van der Waals surface area contributed by atoms with E-state index in [1.807, 2.05) is 0 Å². The molecule has 1 saturated heterocycles. The van der Waals surface area contributed by atoms with Gasteiger partial charge in [0.25, 0.3) is 0 Å². The van der Waals surface area contributed by atoms with E-state index in [0.717, 1.165) is 6.92 Å². The Morgan fingerprint density at radius 2 is 1.16 bits per heavy atom. The highest BCUT2D eigenvalue weighted by Crippen LogP contribution is 2.68. The summed E-state index contributed by atoms with van der Waals surface area (Å²) in [6, 6.07) is 16.1. The Balaban J connectivity index is 1.86. The molecule has 2 bridgehead atoms. The van der Waals surface area contributed by atoms with Gasteiger partial charge in [0, 0.05) is 27.7 Å². The molecule has 2 aromatic carbocycles. The first-order valence-corrected chi connectivity index (χ1v) is 16.4. The van der Waals surface area contributed by atoms with Crippen molar-refractivity contribution < 1.29 is 61.9 Å². The zero-order valence-electron chi connectivity index (χ0n) is 29.0. The summed E-state index contributed by atoms with van der Waals surface area (Å²) in [7, 11) is 0. The lowest BCUT2D eigenvalue weighted by Gasteiger charge is -2.64. The van der Waals surface area contributed by atoms with Crippen molar-refractivity contribution in [1.29, 1.82) is 0 Å². The molecular formula is C37H42O13. The Bertz CT molecular complexity index is 1640. The summed E-state index contributed by atoms with van der Waals surface area (Å²) in [4.78, 5) is 79.2. The molecule has 5 rings (SSSR count). The van der Waals surface area contributed by atoms with Gasteiger partial charge in [-0.15, -0.1) is 0 Å². The predicted octanol–water partition coefficient (Wildman–Crippen LogP) is 4.00. The third-order valence-corrected chi connectivity index (χ3v) is 9.93. The highest BCUT2D eigenvalue weighted by atomic mass is 16.6. The standard InChI is InChI=1S/C37H42O13/c1-20-18-27(45-21(2)38)30(47-23(4)40)36(19-44-33(42)25-14-10-8-11-15-25)32(49-34(43)26-16-12-9-13-17-26)29(46-22(3)39)28-31(48-24(5)41)37(20,36)50-35(28,6)7/h8-17,20,27-32H,18-19H2,1-7H3/t20-,27+,28-,29+,30+,31+,32+,36+,37-/m1/s1. The van der Waals surface area contributed by atoms with E-state index < -0.39 is 101 Å². The zero-order valence-corrected chi connectivity index (χ0v) is 29.0. The Morgan fingerprint density at radius 1 is 0.660 bits per heavy atom. The lowest BCUT2D eigenvalue weighted by Crippen LogP contribution is -2.81. The number of esters is 6. The van der Waals surface area contributed by atoms with Gasteiger partial charge in [0.1, 0.15) is 35.9 Å². The van der Waals surface area contributed by atoms with E-state index in [-0.39, 0.29) is 17.5 Å². The molecule has 13 heteroatoms. The number of hydrogen-bond acceptors (Lipinski definition) is 13. The molecule has 50 heavy (non-hydrogen) atoms. The second kappa shape index (κ2) is 13.9. The Labute approximate surface area is 289 Å². The first-order chi connectivity index (χ1) is 23.5. The topological polar surface area (TPSA) is 167 Å². The highest BCUT2D eigenvalue weighted by molar-refractivity contribution is 5.90. The van der Waals surface area contributed by atoms with E-state index in [0.29, 0.717) is 0 Å². The van der Waals surface area contributed by atoms with Crippen LogP contribution in [0.25, 0.3) is 0 Å². The van der Waals surface area contributed by atoms with Crippen molar-refractivity contribution in [3.05, 3.63) is 71.8 Å². The monoisotopic (exact) mass is 694 g/mol. The van der Waals surface area contributed by atoms with E-state index in [1.165, 1.54) is 45.0 Å². The van der Waals surface area contributed by atoms with E-state index in [2.05, 4.69) is 0 Å². The van der Waals surface area contributed by atoms with Gasteiger partial charge >= 0.3 is 35.8 Å². The van der Waals surface area contributed by atoms with Crippen LogP contribution in [0.5, 0.6) is 0 Å². The van der Waals surface area contributed by atoms with Crippen molar-refractivity contribution in [2.75, 3.05) is 6.61 Å². The Hall–Kier alpha value is -4.78. The van der Waals surface area contributed by atoms with E-state index in [9.17, 15) is 28.8 Å². The Morgan fingerprint density at radius 3 is 1.68 bits per heavy atom. The molecule has 2 saturated carbocycles. The van der Waals surface area contributed by atoms with E-state index in [1.54, 1.807) is 57.2 Å². The van der Waals surface area contributed by atoms with Gasteiger partial charge in [-0.25, -0.2) is 9.59 Å². The molecule has 0 amide bonds. The van der Waals surface area contributed by atoms with Gasteiger partial charge in [-0.3, -0.25) is 19.2 Å². The van der Waals surface area contributed by atoms with Crippen molar-refractivity contribution in [3.8, 4) is 0 Å². The maximum absolute atomic E-state index is 14.1. The number of rotatable bonds is 9. The molecule has 0 N–H and O–H groups in total. The van der Waals surface area contributed by atoms with Crippen LogP contribution in [0.3, 0.4) is 0 Å². The minimum Gasteiger partial charge on any atom is -0.461 e. The summed E-state index contributed by atoms with van der Waals surface area (Å²) < 4.78 is 43.4. The minimum atomic E-state index is -2.03. The van der Waals surface area contributed by atoms with Crippen LogP contribution >= 0.6 is 0 Å². The SMILES string of the molecule is CC(=O)O[C@H]1[C@@H]2[C@H](OC(C)=O)[C@]3(OC2(C)C)[C@H](C)C[C@H](OC(C)=O)[C@H](OC(C)=O)[C@@]3(COC(=O)c2ccccc2)[C@H]1OC(=O)c1ccccc1. The zero-order chi connectivity index (χ0) is 36.6. The van der Waals surface area contributed by atoms with Crippen molar-refractivity contribution in [2.45, 2.75) is 96.6 Å². The molecule has 2 aliphatic carbocycles. The average molecular weight is 695 g/mol. The molecule has 9 atom stereocenters. The second-order valence-electron chi connectivity index (χ2n) is 13.6. The van der Waals surface area contributed by atoms with Gasteiger partial charge in [0.15, 0.2) is 12.2 Å². The lowest BCUT2D eigenvalue weighted by atomic mass is 9.47. The molecule has 13 nitrogen and oxygen atoms in total. The van der Waals surface area contributed by atoms with Crippen LogP contribution in [0, 0.1) is 17.3 Å². The largest absolute Gasteiger partial charge is 0.461 e. The van der Waals surface area contributed by atoms with Crippen molar-refractivity contribution in [2.24, 2.45) is 17.3 Å². The molecule has 0 radical (unpaired) electrons. The number of carbonyl (C=O) groups is 6. The molecule has 0 unspecified atom stereocenters. The molecular weight excluding hydrogens is 652 g/mol. The van der Waals surface area contributed by atoms with Gasteiger partial charge in [-0.1, -0.05) is 43.3 Å². The van der Waals surface area contributed by atoms with Gasteiger partial charge in [0.2, 0.25) is 0 Å². The summed E-state index contributed by atoms with van der Waals surface area (Å²) >= 11 is 0. The third kappa shape index (κ3) is 6.34. The fourth-order valence-electron chi connectivity index (χ4n) is 8.43. The maximum atomic E-state index is 14.1. The van der Waals surface area contributed by atoms with Crippen molar-refractivity contribution in [1.82, 2.24) is 0 Å². The smallest absolute Gasteiger partial charge is 0.338 e. The summed E-state index contributed by atoms with van der Waals surface area (Å²) in [5.41, 5.74) is -4.73. The number of benzene rings is 2. The van der Waals surface area contributed by atoms with Gasteiger partial charge in [-0.2, -0.15) is 0 Å².